The Morgan fingerprint density at radius 2 is 1.84 bits per heavy atom. The Kier molecular flexibility index (Phi) is 5.82. The molecular formula is C19H20INO4. The Bertz CT molecular complexity index is 830. The maximum Gasteiger partial charge on any atom is 0.296 e. The van der Waals surface area contributed by atoms with Gasteiger partial charge in [-0.1, -0.05) is 12.1 Å². The number of Topliss-reactive ketones (excluding diaryl/α,β-unsaturated/α-hetero) is 2. The van der Waals surface area contributed by atoms with Crippen LogP contribution in [0.4, 0.5) is 0 Å². The summed E-state index contributed by atoms with van der Waals surface area (Å²) in [4.78, 5) is 36.7. The van der Waals surface area contributed by atoms with Crippen molar-refractivity contribution in [3.63, 3.8) is 0 Å². The van der Waals surface area contributed by atoms with Gasteiger partial charge in [-0.2, -0.15) is 0 Å². The van der Waals surface area contributed by atoms with E-state index in [1.165, 1.54) is 6.07 Å². The third kappa shape index (κ3) is 5.26. The maximum absolute atomic E-state index is 12.5. The lowest BCUT2D eigenvalue weighted by molar-refractivity contribution is -0.118. The number of amides is 1. The Morgan fingerprint density at radius 3 is 2.44 bits per heavy atom. The summed E-state index contributed by atoms with van der Waals surface area (Å²) < 4.78 is 6.41. The van der Waals surface area contributed by atoms with Crippen molar-refractivity contribution >= 4 is 40.1 Å². The third-order valence-electron chi connectivity index (χ3n) is 3.39. The molecule has 1 N–H and O–H groups in total. The van der Waals surface area contributed by atoms with E-state index in [4.69, 9.17) is 4.42 Å². The predicted octanol–water partition coefficient (Wildman–Crippen LogP) is 3.72. The van der Waals surface area contributed by atoms with E-state index in [1.807, 2.05) is 24.3 Å². The Labute approximate surface area is 160 Å². The van der Waals surface area contributed by atoms with Gasteiger partial charge in [0, 0.05) is 15.5 Å². The van der Waals surface area contributed by atoms with Crippen molar-refractivity contribution in [2.24, 2.45) is 0 Å². The Hall–Kier alpha value is -1.96. The van der Waals surface area contributed by atoms with Gasteiger partial charge in [0.25, 0.3) is 11.7 Å². The van der Waals surface area contributed by atoms with Crippen LogP contribution in [-0.2, 0) is 11.2 Å². The number of hydrogen-bond donors (Lipinski definition) is 1. The molecule has 0 atom stereocenters. The van der Waals surface area contributed by atoms with Crippen LogP contribution in [0.25, 0.3) is 0 Å². The van der Waals surface area contributed by atoms with Crippen molar-refractivity contribution in [2.45, 2.75) is 39.7 Å². The number of aryl methyl sites for hydroxylation is 1. The molecular weight excluding hydrogens is 433 g/mol. The molecule has 0 unspecified atom stereocenters. The highest BCUT2D eigenvalue weighted by Gasteiger charge is 2.26. The largest absolute Gasteiger partial charge is 0.457 e. The van der Waals surface area contributed by atoms with E-state index in [-0.39, 0.29) is 18.0 Å². The number of furan rings is 1. The van der Waals surface area contributed by atoms with Gasteiger partial charge in [-0.05, 0) is 74.0 Å². The van der Waals surface area contributed by atoms with Gasteiger partial charge < -0.3 is 9.73 Å². The van der Waals surface area contributed by atoms with Gasteiger partial charge in [-0.15, -0.1) is 0 Å². The molecule has 1 heterocycles. The summed E-state index contributed by atoms with van der Waals surface area (Å²) in [6.45, 7) is 6.95. The number of ketones is 2. The SMILES string of the molecule is Cc1oc(C(=O)C(=O)NC(C)(C)C)cc1C(=O)Cc1cccc(I)c1. The molecule has 5 nitrogen and oxygen atoms in total. The van der Waals surface area contributed by atoms with E-state index in [0.717, 1.165) is 9.13 Å². The molecule has 0 aliphatic rings. The molecule has 2 rings (SSSR count). The molecule has 1 amide bonds. The molecule has 0 spiro atoms. The Balaban J connectivity index is 2.17. The zero-order chi connectivity index (χ0) is 18.8. The summed E-state index contributed by atoms with van der Waals surface area (Å²) in [5.41, 5.74) is 0.680. The minimum atomic E-state index is -0.786. The second-order valence-electron chi connectivity index (χ2n) is 6.84. The number of hydrogen-bond acceptors (Lipinski definition) is 4. The summed E-state index contributed by atoms with van der Waals surface area (Å²) in [6.07, 6.45) is 0.207. The average Bonchev–Trinajstić information content (AvgIpc) is 2.86. The van der Waals surface area contributed by atoms with Gasteiger partial charge in [0.1, 0.15) is 5.76 Å². The number of carbonyl (C=O) groups is 3. The molecule has 1 aromatic heterocycles. The number of carbonyl (C=O) groups excluding carboxylic acids is 3. The van der Waals surface area contributed by atoms with E-state index < -0.39 is 17.2 Å². The van der Waals surface area contributed by atoms with Gasteiger partial charge in [-0.3, -0.25) is 14.4 Å². The number of benzene rings is 1. The van der Waals surface area contributed by atoms with Gasteiger partial charge in [-0.25, -0.2) is 0 Å². The molecule has 0 fully saturated rings. The molecule has 132 valence electrons. The number of rotatable bonds is 5. The monoisotopic (exact) mass is 453 g/mol. The van der Waals surface area contributed by atoms with Crippen molar-refractivity contribution in [3.8, 4) is 0 Å². The molecule has 0 radical (unpaired) electrons. The minimum absolute atomic E-state index is 0.120. The van der Waals surface area contributed by atoms with Crippen LogP contribution >= 0.6 is 22.6 Å². The standard InChI is InChI=1S/C19H20INO4/c1-11-14(15(22)9-12-6-5-7-13(20)8-12)10-16(25-11)17(23)18(24)21-19(2,3)4/h5-8,10H,9H2,1-4H3,(H,21,24). The molecule has 25 heavy (non-hydrogen) atoms. The normalized spacial score (nSPS) is 11.2. The first kappa shape index (κ1) is 19.4. The number of nitrogens with one attached hydrogen (secondary N) is 1. The molecule has 1 aromatic carbocycles. The molecule has 0 saturated heterocycles. The van der Waals surface area contributed by atoms with Crippen molar-refractivity contribution in [2.75, 3.05) is 0 Å². The van der Waals surface area contributed by atoms with Crippen molar-refractivity contribution in [3.05, 3.63) is 56.5 Å². The summed E-state index contributed by atoms with van der Waals surface area (Å²) in [7, 11) is 0. The Morgan fingerprint density at radius 1 is 1.16 bits per heavy atom. The van der Waals surface area contributed by atoms with E-state index in [9.17, 15) is 14.4 Å². The van der Waals surface area contributed by atoms with Crippen LogP contribution in [0, 0.1) is 10.5 Å². The topological polar surface area (TPSA) is 76.4 Å². The fourth-order valence-corrected chi connectivity index (χ4v) is 2.92. The van der Waals surface area contributed by atoms with E-state index in [2.05, 4.69) is 27.9 Å². The van der Waals surface area contributed by atoms with Crippen LogP contribution in [0.15, 0.2) is 34.7 Å². The molecule has 0 aliphatic heterocycles. The van der Waals surface area contributed by atoms with Crippen LogP contribution in [0.2, 0.25) is 0 Å². The number of halogens is 1. The van der Waals surface area contributed by atoms with Crippen LogP contribution in [0.3, 0.4) is 0 Å². The molecule has 0 bridgehead atoms. The van der Waals surface area contributed by atoms with Crippen molar-refractivity contribution in [1.82, 2.24) is 5.32 Å². The van der Waals surface area contributed by atoms with Crippen molar-refractivity contribution in [1.29, 1.82) is 0 Å². The summed E-state index contributed by atoms with van der Waals surface area (Å²) in [5.74, 6) is -1.48. The summed E-state index contributed by atoms with van der Waals surface area (Å²) in [5, 5.41) is 2.59. The second-order valence-corrected chi connectivity index (χ2v) is 8.09. The van der Waals surface area contributed by atoms with E-state index in [0.29, 0.717) is 11.3 Å². The molecule has 0 aliphatic carbocycles. The lowest BCUT2D eigenvalue weighted by Gasteiger charge is -2.19. The third-order valence-corrected chi connectivity index (χ3v) is 4.06. The van der Waals surface area contributed by atoms with Gasteiger partial charge in [0.15, 0.2) is 11.5 Å². The maximum atomic E-state index is 12.5. The van der Waals surface area contributed by atoms with E-state index >= 15 is 0 Å². The van der Waals surface area contributed by atoms with Crippen LogP contribution in [0.5, 0.6) is 0 Å². The highest BCUT2D eigenvalue weighted by molar-refractivity contribution is 14.1. The highest BCUT2D eigenvalue weighted by atomic mass is 127. The first-order valence-electron chi connectivity index (χ1n) is 7.82. The quantitative estimate of drug-likeness (QED) is 0.426. The lowest BCUT2D eigenvalue weighted by atomic mass is 10.0. The van der Waals surface area contributed by atoms with Gasteiger partial charge in [0.2, 0.25) is 0 Å². The molecule has 2 aromatic rings. The zero-order valence-corrected chi connectivity index (χ0v) is 16.8. The summed E-state index contributed by atoms with van der Waals surface area (Å²) >= 11 is 2.19. The fraction of sp³-hybridized carbons (Fsp3) is 0.316. The smallest absolute Gasteiger partial charge is 0.296 e. The minimum Gasteiger partial charge on any atom is -0.457 e. The first-order valence-corrected chi connectivity index (χ1v) is 8.89. The van der Waals surface area contributed by atoms with Crippen LogP contribution in [0.1, 0.15) is 53.0 Å². The zero-order valence-electron chi connectivity index (χ0n) is 14.6. The van der Waals surface area contributed by atoms with Crippen molar-refractivity contribution < 1.29 is 18.8 Å². The second kappa shape index (κ2) is 7.51. The molecule has 0 saturated carbocycles. The van der Waals surface area contributed by atoms with Gasteiger partial charge in [0.05, 0.1) is 5.56 Å². The average molecular weight is 453 g/mol. The predicted molar refractivity (Wildman–Crippen MR) is 103 cm³/mol. The molecule has 6 heteroatoms. The van der Waals surface area contributed by atoms with Crippen LogP contribution < -0.4 is 5.32 Å². The van der Waals surface area contributed by atoms with E-state index in [1.54, 1.807) is 27.7 Å². The highest BCUT2D eigenvalue weighted by Crippen LogP contribution is 2.19. The fourth-order valence-electron chi connectivity index (χ4n) is 2.31. The van der Waals surface area contributed by atoms with Gasteiger partial charge >= 0.3 is 0 Å². The first-order chi connectivity index (χ1) is 11.6. The summed E-state index contributed by atoms with van der Waals surface area (Å²) in [6, 6.07) is 8.99. The lowest BCUT2D eigenvalue weighted by Crippen LogP contribution is -2.44. The van der Waals surface area contributed by atoms with Crippen LogP contribution in [-0.4, -0.2) is 23.0 Å².